The first kappa shape index (κ1) is 25.5. The van der Waals surface area contributed by atoms with Gasteiger partial charge in [0, 0.05) is 18.5 Å². The van der Waals surface area contributed by atoms with Gasteiger partial charge in [0.15, 0.2) is 0 Å². The molecule has 2 aromatic carbocycles. The number of halogens is 1. The van der Waals surface area contributed by atoms with Crippen LogP contribution in [0.4, 0.5) is 0 Å². The predicted octanol–water partition coefficient (Wildman–Crippen LogP) is 4.77. The van der Waals surface area contributed by atoms with E-state index in [4.69, 9.17) is 16.3 Å². The van der Waals surface area contributed by atoms with Crippen LogP contribution in [0.3, 0.4) is 0 Å². The van der Waals surface area contributed by atoms with Gasteiger partial charge in [-0.1, -0.05) is 56.6 Å². The predicted molar refractivity (Wildman–Crippen MR) is 138 cm³/mol. The smallest absolute Gasteiger partial charge is 0.295 e. The molecular formula is C28H31ClN3O4+. The lowest BCUT2D eigenvalue weighted by atomic mass is 9.85. The molecule has 7 nitrogen and oxygen atoms in total. The summed E-state index contributed by atoms with van der Waals surface area (Å²) in [5, 5.41) is 11.6. The van der Waals surface area contributed by atoms with Crippen LogP contribution in [0.2, 0.25) is 5.02 Å². The number of amides is 1. The van der Waals surface area contributed by atoms with E-state index < -0.39 is 17.7 Å². The minimum absolute atomic E-state index is 0.0477. The van der Waals surface area contributed by atoms with E-state index in [1.165, 1.54) is 13.2 Å². The van der Waals surface area contributed by atoms with Crippen molar-refractivity contribution in [1.29, 1.82) is 0 Å². The Bertz CT molecular complexity index is 1290. The van der Waals surface area contributed by atoms with Gasteiger partial charge in [-0.2, -0.15) is 0 Å². The molecule has 2 N–H and O–H groups in total. The summed E-state index contributed by atoms with van der Waals surface area (Å²) in [6.45, 7) is 7.41. The first-order valence-corrected chi connectivity index (χ1v) is 12.2. The molecule has 8 heteroatoms. The van der Waals surface area contributed by atoms with Crippen LogP contribution >= 0.6 is 11.6 Å². The fraction of sp³-hybridized carbons (Fsp3) is 0.321. The second kappa shape index (κ2) is 10.2. The van der Waals surface area contributed by atoms with Gasteiger partial charge in [-0.3, -0.25) is 14.6 Å². The van der Waals surface area contributed by atoms with Crippen molar-refractivity contribution < 1.29 is 24.0 Å². The van der Waals surface area contributed by atoms with Crippen molar-refractivity contribution in [3.63, 3.8) is 0 Å². The number of ether oxygens (including phenoxy) is 1. The average molecular weight is 509 g/mol. The van der Waals surface area contributed by atoms with Crippen LogP contribution in [-0.4, -0.2) is 40.3 Å². The number of aliphatic hydroxyl groups excluding tert-OH is 1. The number of aromatic nitrogens is 2. The Morgan fingerprint density at radius 1 is 1.17 bits per heavy atom. The number of Topliss-reactive ketones (excluding diaryl/α,β-unsaturated/α-hetero) is 1. The lowest BCUT2D eigenvalue weighted by Crippen LogP contribution is -2.36. The van der Waals surface area contributed by atoms with Crippen LogP contribution < -0.4 is 9.30 Å². The summed E-state index contributed by atoms with van der Waals surface area (Å²) in [5.74, 6) is -1.14. The first-order valence-electron chi connectivity index (χ1n) is 11.9. The van der Waals surface area contributed by atoms with Crippen molar-refractivity contribution in [1.82, 2.24) is 9.88 Å². The van der Waals surface area contributed by atoms with E-state index in [1.54, 1.807) is 17.0 Å². The van der Waals surface area contributed by atoms with E-state index in [0.717, 1.165) is 11.1 Å². The summed E-state index contributed by atoms with van der Waals surface area (Å²) in [6, 6.07) is 11.9. The quantitative estimate of drug-likeness (QED) is 0.208. The lowest BCUT2D eigenvalue weighted by molar-refractivity contribution is -0.695. The maximum absolute atomic E-state index is 13.3. The number of carbonyl (C=O) groups excluding carboxylic acids is 2. The number of hydrogen-bond acceptors (Lipinski definition) is 4. The first-order chi connectivity index (χ1) is 17.1. The highest BCUT2D eigenvalue weighted by Crippen LogP contribution is 2.41. The van der Waals surface area contributed by atoms with Gasteiger partial charge >= 0.3 is 0 Å². The largest absolute Gasteiger partial charge is 0.507 e. The van der Waals surface area contributed by atoms with Crippen molar-refractivity contribution in [3.05, 3.63) is 88.5 Å². The molecule has 2 heterocycles. The van der Waals surface area contributed by atoms with E-state index >= 15 is 0 Å². The monoisotopic (exact) mass is 508 g/mol. The van der Waals surface area contributed by atoms with Gasteiger partial charge in [-0.25, -0.2) is 4.57 Å². The Morgan fingerprint density at radius 2 is 1.89 bits per heavy atom. The van der Waals surface area contributed by atoms with Crippen LogP contribution in [0.25, 0.3) is 5.76 Å². The van der Waals surface area contributed by atoms with Crippen molar-refractivity contribution in [2.75, 3.05) is 13.7 Å². The van der Waals surface area contributed by atoms with Gasteiger partial charge in [0.2, 0.25) is 6.33 Å². The zero-order valence-electron chi connectivity index (χ0n) is 20.9. The summed E-state index contributed by atoms with van der Waals surface area (Å²) >= 11 is 6.28. The van der Waals surface area contributed by atoms with E-state index in [-0.39, 0.29) is 16.7 Å². The van der Waals surface area contributed by atoms with Gasteiger partial charge < -0.3 is 14.7 Å². The molecule has 0 aliphatic carbocycles. The highest BCUT2D eigenvalue weighted by Gasteiger charge is 2.46. The third-order valence-electron chi connectivity index (χ3n) is 6.48. The molecule has 1 aliphatic rings. The molecular weight excluding hydrogens is 478 g/mol. The number of aliphatic hydroxyl groups is 1. The third kappa shape index (κ3) is 5.02. The van der Waals surface area contributed by atoms with Gasteiger partial charge in [0.05, 0.1) is 30.3 Å². The third-order valence-corrected chi connectivity index (χ3v) is 6.77. The van der Waals surface area contributed by atoms with Crippen molar-refractivity contribution in [2.45, 2.75) is 45.2 Å². The number of imidazole rings is 1. The number of aryl methyl sites for hydroxylation is 1. The number of likely N-dealkylation sites (tertiary alicyclic amines) is 1. The number of nitrogens with zero attached hydrogens (tertiary/aromatic N) is 2. The summed E-state index contributed by atoms with van der Waals surface area (Å²) in [7, 11) is 1.50. The maximum Gasteiger partial charge on any atom is 0.295 e. The van der Waals surface area contributed by atoms with Crippen LogP contribution in [-0.2, 0) is 21.5 Å². The van der Waals surface area contributed by atoms with Crippen LogP contribution in [0.15, 0.2) is 66.8 Å². The molecule has 1 unspecified atom stereocenters. The van der Waals surface area contributed by atoms with Crippen LogP contribution in [0.1, 0.15) is 49.9 Å². The Hall–Kier alpha value is -3.58. The topological polar surface area (TPSA) is 86.5 Å². The van der Waals surface area contributed by atoms with Gasteiger partial charge in [-0.05, 0) is 34.7 Å². The minimum Gasteiger partial charge on any atom is -0.507 e. The van der Waals surface area contributed by atoms with Gasteiger partial charge in [-0.15, -0.1) is 0 Å². The molecule has 0 bridgehead atoms. The molecule has 0 radical (unpaired) electrons. The number of benzene rings is 2. The lowest BCUT2D eigenvalue weighted by Gasteiger charge is -2.26. The SMILES string of the molecule is COc1ccc(C(O)=C2C(=O)C(=O)N(CCC[n+]3cc[nH]c3)C2c2ccc(C(C)(C)C)cc2)cc1Cl. The van der Waals surface area contributed by atoms with Crippen LogP contribution in [0, 0.1) is 0 Å². The normalized spacial score (nSPS) is 17.6. The van der Waals surface area contributed by atoms with Gasteiger partial charge in [0.1, 0.15) is 23.9 Å². The minimum atomic E-state index is -0.712. The van der Waals surface area contributed by atoms with Crippen molar-refractivity contribution in [3.8, 4) is 5.75 Å². The maximum atomic E-state index is 13.3. The summed E-state index contributed by atoms with van der Waals surface area (Å²) < 4.78 is 7.18. The Morgan fingerprint density at radius 3 is 2.47 bits per heavy atom. The van der Waals surface area contributed by atoms with Gasteiger partial charge in [0.25, 0.3) is 11.7 Å². The zero-order chi connectivity index (χ0) is 26.0. The number of H-pyrrole nitrogens is 1. The molecule has 188 valence electrons. The molecule has 0 spiro atoms. The van der Waals surface area contributed by atoms with E-state index in [9.17, 15) is 14.7 Å². The molecule has 1 atom stereocenters. The van der Waals surface area contributed by atoms with Crippen molar-refractivity contribution in [2.24, 2.45) is 0 Å². The number of methoxy groups -OCH3 is 1. The molecule has 1 fully saturated rings. The standard InChI is InChI=1S/C28H30ClN3O4/c1-28(2,3)20-9-6-18(7-10-20)24-23(25(33)19-8-11-22(36-4)21(29)16-19)26(34)27(35)32(24)14-5-13-31-15-12-30-17-31/h6-12,15-17,24H,5,13-14H2,1-4H3,(H,33,34)/p+1. The van der Waals surface area contributed by atoms with E-state index in [2.05, 4.69) is 25.8 Å². The van der Waals surface area contributed by atoms with Crippen LogP contribution in [0.5, 0.6) is 5.75 Å². The fourth-order valence-corrected chi connectivity index (χ4v) is 4.73. The summed E-state index contributed by atoms with van der Waals surface area (Å²) in [6.07, 6.45) is 6.21. The number of rotatable bonds is 7. The Kier molecular flexibility index (Phi) is 7.22. The molecule has 36 heavy (non-hydrogen) atoms. The van der Waals surface area contributed by atoms with E-state index in [1.807, 2.05) is 47.6 Å². The number of nitrogens with one attached hydrogen (secondary N) is 1. The zero-order valence-corrected chi connectivity index (χ0v) is 21.7. The average Bonchev–Trinajstić information content (AvgIpc) is 3.45. The molecule has 1 amide bonds. The fourth-order valence-electron chi connectivity index (χ4n) is 4.48. The second-order valence-electron chi connectivity index (χ2n) is 9.92. The highest BCUT2D eigenvalue weighted by molar-refractivity contribution is 6.46. The number of carbonyl (C=O) groups is 2. The molecule has 4 rings (SSSR count). The Balaban J connectivity index is 1.76. The summed E-state index contributed by atoms with van der Waals surface area (Å²) in [4.78, 5) is 31.0. The van der Waals surface area contributed by atoms with E-state index in [0.29, 0.717) is 35.8 Å². The molecule has 3 aromatic rings. The molecule has 1 aromatic heterocycles. The number of hydrogen-bond donors (Lipinski definition) is 2. The van der Waals surface area contributed by atoms with Crippen molar-refractivity contribution >= 4 is 29.1 Å². The number of aromatic amines is 1. The summed E-state index contributed by atoms with van der Waals surface area (Å²) in [5.41, 5.74) is 2.25. The highest BCUT2D eigenvalue weighted by atomic mass is 35.5. The molecule has 1 saturated heterocycles. The molecule has 1 aliphatic heterocycles. The molecule has 0 saturated carbocycles. The Labute approximate surface area is 216 Å². The second-order valence-corrected chi connectivity index (χ2v) is 10.3. The number of ketones is 1.